The number of para-hydroxylation sites is 1. The number of non-ortho nitro benzene ring substituents is 1. The highest BCUT2D eigenvalue weighted by Crippen LogP contribution is 2.34. The van der Waals surface area contributed by atoms with Gasteiger partial charge >= 0.3 is 0 Å². The number of sulfonamides is 1. The Bertz CT molecular complexity index is 1410. The lowest BCUT2D eigenvalue weighted by Gasteiger charge is -2.24. The Balaban J connectivity index is 1.71. The van der Waals surface area contributed by atoms with Crippen molar-refractivity contribution < 1.29 is 18.1 Å². The maximum atomic E-state index is 13.5. The molecular formula is C24H20ClN3O5S. The first-order valence-corrected chi connectivity index (χ1v) is 12.1. The molecule has 0 N–H and O–H groups in total. The number of nitro benzene ring substituents is 1. The fourth-order valence-electron chi connectivity index (χ4n) is 3.86. The van der Waals surface area contributed by atoms with E-state index < -0.39 is 20.9 Å². The Hall–Kier alpha value is -3.69. The molecule has 0 spiro atoms. The van der Waals surface area contributed by atoms with Crippen molar-refractivity contribution in [2.24, 2.45) is 0 Å². The summed E-state index contributed by atoms with van der Waals surface area (Å²) in [5, 5.41) is 11.4. The summed E-state index contributed by atoms with van der Waals surface area (Å²) in [6.07, 6.45) is 2.00. The van der Waals surface area contributed by atoms with E-state index in [0.717, 1.165) is 9.87 Å². The number of halogens is 1. The molecule has 0 unspecified atom stereocenters. The highest BCUT2D eigenvalue weighted by molar-refractivity contribution is 7.92. The van der Waals surface area contributed by atoms with Crippen LogP contribution >= 0.6 is 11.6 Å². The maximum Gasteiger partial charge on any atom is 0.271 e. The average Bonchev–Trinajstić information content (AvgIpc) is 3.26. The molecular weight excluding hydrogens is 478 g/mol. The molecule has 174 valence electrons. The zero-order valence-electron chi connectivity index (χ0n) is 17.9. The maximum absolute atomic E-state index is 13.5. The van der Waals surface area contributed by atoms with Gasteiger partial charge in [0.15, 0.2) is 0 Å². The van der Waals surface area contributed by atoms with Crippen LogP contribution in [0.2, 0.25) is 5.02 Å². The van der Waals surface area contributed by atoms with E-state index in [-0.39, 0.29) is 27.7 Å². The van der Waals surface area contributed by atoms with Gasteiger partial charge in [-0.2, -0.15) is 0 Å². The Labute approximate surface area is 201 Å². The molecule has 34 heavy (non-hydrogen) atoms. The minimum absolute atomic E-state index is 0.0204. The van der Waals surface area contributed by atoms with Gasteiger partial charge in [0.05, 0.1) is 32.8 Å². The highest BCUT2D eigenvalue weighted by atomic mass is 35.5. The Kier molecular flexibility index (Phi) is 6.41. The second kappa shape index (κ2) is 9.28. The lowest BCUT2D eigenvalue weighted by atomic mass is 10.1. The number of carbonyl (C=O) groups is 1. The number of nitrogens with zero attached hydrogens (tertiary/aromatic N) is 3. The SMILES string of the molecule is C=CCN(c1ccccc1Cl)S(=O)(=O)c1cccc(C(=O)N2CCc3ccc([N+](=O)[O-])cc32)c1. The number of fused-ring (bicyclic) bond motifs is 1. The monoisotopic (exact) mass is 497 g/mol. The molecule has 0 saturated heterocycles. The summed E-state index contributed by atoms with van der Waals surface area (Å²) < 4.78 is 28.1. The van der Waals surface area contributed by atoms with Gasteiger partial charge in [0, 0.05) is 24.2 Å². The molecule has 0 fully saturated rings. The van der Waals surface area contributed by atoms with Gasteiger partial charge in [0.1, 0.15) is 0 Å². The van der Waals surface area contributed by atoms with Crippen molar-refractivity contribution in [3.05, 3.63) is 106 Å². The van der Waals surface area contributed by atoms with E-state index in [9.17, 15) is 23.3 Å². The lowest BCUT2D eigenvalue weighted by Crippen LogP contribution is -2.32. The molecule has 0 saturated carbocycles. The van der Waals surface area contributed by atoms with Gasteiger partial charge in [0.2, 0.25) is 0 Å². The number of rotatable bonds is 7. The summed E-state index contributed by atoms with van der Waals surface area (Å²) in [7, 11) is -4.08. The second-order valence-corrected chi connectivity index (χ2v) is 9.85. The van der Waals surface area contributed by atoms with Gasteiger partial charge in [0.25, 0.3) is 21.6 Å². The van der Waals surface area contributed by atoms with Crippen LogP contribution in [-0.2, 0) is 16.4 Å². The quantitative estimate of drug-likeness (QED) is 0.264. The molecule has 3 aromatic carbocycles. The summed E-state index contributed by atoms with van der Waals surface area (Å²) in [5.41, 5.74) is 1.60. The molecule has 0 aromatic heterocycles. The zero-order chi connectivity index (χ0) is 24.5. The van der Waals surface area contributed by atoms with E-state index in [1.165, 1.54) is 47.4 Å². The number of hydrogen-bond acceptors (Lipinski definition) is 5. The van der Waals surface area contributed by atoms with Gasteiger partial charge < -0.3 is 4.90 Å². The predicted molar refractivity (Wildman–Crippen MR) is 131 cm³/mol. The Morgan fingerprint density at radius 3 is 2.62 bits per heavy atom. The fourth-order valence-corrected chi connectivity index (χ4v) is 5.65. The molecule has 0 bridgehead atoms. The summed E-state index contributed by atoms with van der Waals surface area (Å²) >= 11 is 6.25. The third-order valence-corrected chi connectivity index (χ3v) is 7.60. The van der Waals surface area contributed by atoms with Crippen LogP contribution in [0, 0.1) is 10.1 Å². The minimum atomic E-state index is -4.08. The van der Waals surface area contributed by atoms with Crippen molar-refractivity contribution in [2.75, 3.05) is 22.3 Å². The summed E-state index contributed by atoms with van der Waals surface area (Å²) in [6, 6.07) is 16.7. The molecule has 1 aliphatic rings. The van der Waals surface area contributed by atoms with Crippen LogP contribution in [0.5, 0.6) is 0 Å². The number of benzene rings is 3. The molecule has 10 heteroatoms. The number of carbonyl (C=O) groups excluding carboxylic acids is 1. The topological polar surface area (TPSA) is 101 Å². The number of nitro groups is 1. The summed E-state index contributed by atoms with van der Waals surface area (Å²) in [4.78, 5) is 25.3. The Morgan fingerprint density at radius 1 is 1.15 bits per heavy atom. The molecule has 0 radical (unpaired) electrons. The normalized spacial score (nSPS) is 12.8. The van der Waals surface area contributed by atoms with Crippen LogP contribution in [0.4, 0.5) is 17.1 Å². The van der Waals surface area contributed by atoms with Crippen LogP contribution in [0.25, 0.3) is 0 Å². The first-order valence-electron chi connectivity index (χ1n) is 10.3. The fraction of sp³-hybridized carbons (Fsp3) is 0.125. The number of hydrogen-bond donors (Lipinski definition) is 0. The van der Waals surface area contributed by atoms with Crippen molar-refractivity contribution in [3.8, 4) is 0 Å². The Morgan fingerprint density at radius 2 is 1.91 bits per heavy atom. The smallest absolute Gasteiger partial charge is 0.271 e. The molecule has 1 heterocycles. The van der Waals surface area contributed by atoms with E-state index in [2.05, 4.69) is 6.58 Å². The molecule has 4 rings (SSSR count). The van der Waals surface area contributed by atoms with Crippen LogP contribution < -0.4 is 9.21 Å². The van der Waals surface area contributed by atoms with Crippen molar-refractivity contribution in [3.63, 3.8) is 0 Å². The molecule has 0 atom stereocenters. The van der Waals surface area contributed by atoms with Crippen LogP contribution in [0.1, 0.15) is 15.9 Å². The van der Waals surface area contributed by atoms with Crippen LogP contribution in [0.3, 0.4) is 0 Å². The van der Waals surface area contributed by atoms with E-state index in [1.807, 2.05) is 0 Å². The lowest BCUT2D eigenvalue weighted by molar-refractivity contribution is -0.384. The molecule has 0 aliphatic carbocycles. The van der Waals surface area contributed by atoms with E-state index in [1.54, 1.807) is 30.3 Å². The molecule has 8 nitrogen and oxygen atoms in total. The third kappa shape index (κ3) is 4.27. The molecule has 1 aliphatic heterocycles. The van der Waals surface area contributed by atoms with Gasteiger partial charge in [-0.25, -0.2) is 8.42 Å². The minimum Gasteiger partial charge on any atom is -0.307 e. The van der Waals surface area contributed by atoms with E-state index >= 15 is 0 Å². The molecule has 3 aromatic rings. The third-order valence-electron chi connectivity index (χ3n) is 5.51. The standard InChI is InChI=1S/C24H20ClN3O5S/c1-2-13-27(22-9-4-3-8-21(22)25)34(32,33)20-7-5-6-18(15-20)24(29)26-14-12-17-10-11-19(28(30)31)16-23(17)26/h2-11,15-16H,1,12-14H2. The van der Waals surface area contributed by atoms with Gasteiger partial charge in [-0.1, -0.05) is 41.9 Å². The van der Waals surface area contributed by atoms with E-state index in [0.29, 0.717) is 24.3 Å². The first kappa shape index (κ1) is 23.5. The largest absolute Gasteiger partial charge is 0.307 e. The highest BCUT2D eigenvalue weighted by Gasteiger charge is 2.30. The van der Waals surface area contributed by atoms with Gasteiger partial charge in [-0.05, 0) is 42.3 Å². The van der Waals surface area contributed by atoms with Gasteiger partial charge in [-0.15, -0.1) is 6.58 Å². The first-order chi connectivity index (χ1) is 16.2. The average molecular weight is 498 g/mol. The number of anilines is 2. The van der Waals surface area contributed by atoms with Crippen molar-refractivity contribution in [2.45, 2.75) is 11.3 Å². The summed E-state index contributed by atoms with van der Waals surface area (Å²) in [5.74, 6) is -0.440. The van der Waals surface area contributed by atoms with Crippen LogP contribution in [-0.4, -0.2) is 32.3 Å². The van der Waals surface area contributed by atoms with Crippen LogP contribution in [0.15, 0.2) is 84.3 Å². The predicted octanol–water partition coefficient (Wildman–Crippen LogP) is 4.83. The van der Waals surface area contributed by atoms with Gasteiger partial charge in [-0.3, -0.25) is 19.2 Å². The number of amides is 1. The van der Waals surface area contributed by atoms with E-state index in [4.69, 9.17) is 11.6 Å². The molecule has 1 amide bonds. The van der Waals surface area contributed by atoms with Crippen molar-refractivity contribution in [1.29, 1.82) is 0 Å². The van der Waals surface area contributed by atoms with Crippen molar-refractivity contribution >= 4 is 44.6 Å². The second-order valence-electron chi connectivity index (χ2n) is 7.58. The zero-order valence-corrected chi connectivity index (χ0v) is 19.5. The van der Waals surface area contributed by atoms with Crippen molar-refractivity contribution in [1.82, 2.24) is 0 Å². The summed E-state index contributed by atoms with van der Waals surface area (Å²) in [6.45, 7) is 3.97.